The van der Waals surface area contributed by atoms with E-state index in [1.165, 1.54) is 0 Å². The Labute approximate surface area is 86.1 Å². The molecule has 15 heavy (non-hydrogen) atoms. The normalized spacial score (nSPS) is 6.20. The third-order valence-corrected chi connectivity index (χ3v) is 0.408. The number of carbonyl (C=O) groups is 2. The van der Waals surface area contributed by atoms with Crippen LogP contribution in [0.4, 0.5) is 12.9 Å². The average Bonchev–Trinajstić information content (AvgIpc) is 2.07. The van der Waals surface area contributed by atoms with Crippen molar-refractivity contribution < 1.29 is 37.5 Å². The molecule has 0 aliphatic heterocycles. The van der Waals surface area contributed by atoms with E-state index in [-0.39, 0.29) is 12.9 Å². The van der Waals surface area contributed by atoms with E-state index in [2.05, 4.69) is 0 Å². The molecule has 0 heterocycles. The van der Waals surface area contributed by atoms with Crippen molar-refractivity contribution in [1.29, 1.82) is 0 Å². The lowest BCUT2D eigenvalue weighted by molar-refractivity contribution is -0.123. The minimum absolute atomic E-state index is 0.250. The average molecular weight is 234 g/mol. The van der Waals surface area contributed by atoms with Gasteiger partial charge in [-0.3, -0.25) is 22.5 Å². The maximum absolute atomic E-state index is 9.67. The third kappa shape index (κ3) is 2590. The van der Waals surface area contributed by atoms with Crippen LogP contribution in [-0.2, 0) is 14.3 Å². The van der Waals surface area contributed by atoms with Crippen LogP contribution in [0.5, 0.6) is 0 Å². The van der Waals surface area contributed by atoms with Crippen LogP contribution < -0.4 is 0 Å². The van der Waals surface area contributed by atoms with Gasteiger partial charge in [0.15, 0.2) is 0 Å². The Bertz CT molecular complexity index is 96.0. The summed E-state index contributed by atoms with van der Waals surface area (Å²) in [7, 11) is -3.67. The van der Waals surface area contributed by atoms with Crippen LogP contribution in [0.2, 0.25) is 0 Å². The van der Waals surface area contributed by atoms with Crippen molar-refractivity contribution in [1.82, 2.24) is 0 Å². The summed E-state index contributed by atoms with van der Waals surface area (Å²) < 4.78 is 33.8. The molecule has 0 radical (unpaired) electrons. The molecule has 9 heteroatoms. The largest absolute Gasteiger partial charge is 0.762 e. The van der Waals surface area contributed by atoms with Crippen molar-refractivity contribution in [2.45, 2.75) is 13.8 Å². The molecular formula is C6H14BF3O5. The third-order valence-electron chi connectivity index (χ3n) is 0.408. The topological polar surface area (TPSA) is 83.8 Å². The molecule has 0 bridgehead atoms. The minimum Gasteiger partial charge on any atom is -0.483 e. The fourth-order valence-electron chi connectivity index (χ4n) is 0.204. The Balaban J connectivity index is -0.0000000553. The molecule has 2 N–H and O–H groups in total. The summed E-state index contributed by atoms with van der Waals surface area (Å²) in [6.45, 7) is 5.17. The summed E-state index contributed by atoms with van der Waals surface area (Å²) >= 11 is 0. The van der Waals surface area contributed by atoms with E-state index in [9.17, 15) is 12.9 Å². The van der Waals surface area contributed by atoms with Crippen LogP contribution in [-0.4, -0.2) is 43.9 Å². The maximum atomic E-state index is 9.67. The molecular weight excluding hydrogens is 220 g/mol. The van der Waals surface area contributed by atoms with Crippen LogP contribution in [0.15, 0.2) is 0 Å². The molecule has 0 fully saturated rings. The molecule has 0 amide bonds. The predicted molar refractivity (Wildman–Crippen MR) is 48.6 cm³/mol. The Hall–Kier alpha value is -1.25. The zero-order chi connectivity index (χ0) is 13.1. The molecule has 0 saturated heterocycles. The summed E-state index contributed by atoms with van der Waals surface area (Å²) in [5, 5.41) is 13.8. The van der Waals surface area contributed by atoms with Crippen molar-refractivity contribution in [3.8, 4) is 0 Å². The lowest BCUT2D eigenvalue weighted by atomic mass is 10.5. The fourth-order valence-corrected chi connectivity index (χ4v) is 0.204. The van der Waals surface area contributed by atoms with Crippen LogP contribution in [0.3, 0.4) is 0 Å². The van der Waals surface area contributed by atoms with Gasteiger partial charge in [0, 0.05) is 13.2 Å². The first-order valence-corrected chi connectivity index (χ1v) is 3.63. The molecule has 5 nitrogen and oxygen atoms in total. The van der Waals surface area contributed by atoms with E-state index in [1.54, 1.807) is 0 Å². The molecule has 0 spiro atoms. The van der Waals surface area contributed by atoms with Gasteiger partial charge < -0.3 is 14.9 Å². The van der Waals surface area contributed by atoms with Crippen LogP contribution in [0, 0.1) is 0 Å². The molecule has 0 atom stereocenters. The predicted octanol–water partition coefficient (Wildman–Crippen LogP) is 1.32. The first-order chi connectivity index (χ1) is 6.97. The highest BCUT2D eigenvalue weighted by molar-refractivity contribution is 6.33. The van der Waals surface area contributed by atoms with Gasteiger partial charge in [0.25, 0.3) is 12.9 Å². The standard InChI is InChI=1S/C4H10O.2CH2O2.BF3/c1-3-5-4-2;2*2-1-3;2-1(3)4/h3-4H2,1-2H3;2*1H,(H,2,3);. The molecule has 0 unspecified atom stereocenters. The van der Waals surface area contributed by atoms with Crippen LogP contribution in [0.1, 0.15) is 13.8 Å². The molecule has 92 valence electrons. The van der Waals surface area contributed by atoms with Gasteiger partial charge in [-0.05, 0) is 13.8 Å². The van der Waals surface area contributed by atoms with E-state index in [1.807, 2.05) is 13.8 Å². The number of halogens is 3. The molecule has 0 aromatic rings. The van der Waals surface area contributed by atoms with Crippen LogP contribution >= 0.6 is 0 Å². The second-order valence-corrected chi connectivity index (χ2v) is 1.24. The van der Waals surface area contributed by atoms with Gasteiger partial charge in [-0.1, -0.05) is 0 Å². The SMILES string of the molecule is CCOCC.FB(F)F.O=CO.O=CO. The second-order valence-electron chi connectivity index (χ2n) is 1.24. The highest BCUT2D eigenvalue weighted by atomic mass is 19.4. The first kappa shape index (κ1) is 23.5. The highest BCUT2D eigenvalue weighted by Crippen LogP contribution is 1.80. The Morgan fingerprint density at radius 1 is 1.07 bits per heavy atom. The first-order valence-electron chi connectivity index (χ1n) is 3.63. The molecule has 0 aliphatic carbocycles. The summed E-state index contributed by atoms with van der Waals surface area (Å²) in [5.41, 5.74) is 0. The van der Waals surface area contributed by atoms with Crippen molar-refractivity contribution >= 4 is 20.5 Å². The fraction of sp³-hybridized carbons (Fsp3) is 0.667. The summed E-state index contributed by atoms with van der Waals surface area (Å²) in [6, 6.07) is 0. The van der Waals surface area contributed by atoms with E-state index >= 15 is 0 Å². The van der Waals surface area contributed by atoms with Crippen LogP contribution in [0.25, 0.3) is 0 Å². The van der Waals surface area contributed by atoms with Gasteiger partial charge in [0.2, 0.25) is 0 Å². The van der Waals surface area contributed by atoms with Crippen molar-refractivity contribution in [2.75, 3.05) is 13.2 Å². The molecule has 0 aromatic carbocycles. The number of hydrogen-bond acceptors (Lipinski definition) is 3. The van der Waals surface area contributed by atoms with Gasteiger partial charge in [-0.2, -0.15) is 0 Å². The van der Waals surface area contributed by atoms with Crippen molar-refractivity contribution in [2.24, 2.45) is 0 Å². The van der Waals surface area contributed by atoms with Crippen molar-refractivity contribution in [3.05, 3.63) is 0 Å². The van der Waals surface area contributed by atoms with E-state index < -0.39 is 7.54 Å². The quantitative estimate of drug-likeness (QED) is 0.556. The van der Waals surface area contributed by atoms with Gasteiger partial charge >= 0.3 is 7.54 Å². The van der Waals surface area contributed by atoms with Crippen molar-refractivity contribution in [3.63, 3.8) is 0 Å². The van der Waals surface area contributed by atoms with Gasteiger partial charge in [-0.25, -0.2) is 0 Å². The van der Waals surface area contributed by atoms with E-state index in [0.717, 1.165) is 13.2 Å². The Kier molecular flexibility index (Phi) is 60.6. The monoisotopic (exact) mass is 234 g/mol. The summed E-state index contributed by atoms with van der Waals surface area (Å²) in [4.78, 5) is 16.7. The number of rotatable bonds is 2. The zero-order valence-electron chi connectivity index (χ0n) is 8.40. The maximum Gasteiger partial charge on any atom is 0.762 e. The molecule has 0 rings (SSSR count). The van der Waals surface area contributed by atoms with E-state index in [0.29, 0.717) is 0 Å². The minimum atomic E-state index is -3.67. The molecule has 0 saturated carbocycles. The van der Waals surface area contributed by atoms with Gasteiger partial charge in [0.05, 0.1) is 0 Å². The summed E-state index contributed by atoms with van der Waals surface area (Å²) in [5.74, 6) is 0. The summed E-state index contributed by atoms with van der Waals surface area (Å²) in [6.07, 6.45) is 0. The van der Waals surface area contributed by atoms with E-state index in [4.69, 9.17) is 24.5 Å². The van der Waals surface area contributed by atoms with Gasteiger partial charge in [0.1, 0.15) is 0 Å². The Morgan fingerprint density at radius 3 is 1.20 bits per heavy atom. The Morgan fingerprint density at radius 2 is 1.20 bits per heavy atom. The highest BCUT2D eigenvalue weighted by Gasteiger charge is 2.06. The lowest BCUT2D eigenvalue weighted by Crippen LogP contribution is -1.84. The lowest BCUT2D eigenvalue weighted by Gasteiger charge is -1.86. The molecule has 0 aliphatic rings. The molecule has 0 aromatic heterocycles. The van der Waals surface area contributed by atoms with Gasteiger partial charge in [-0.15, -0.1) is 0 Å². The zero-order valence-corrected chi connectivity index (χ0v) is 8.40. The number of carboxylic acid groups (broad SMARTS) is 2. The number of ether oxygens (including phenoxy) is 1. The number of hydrogen-bond donors (Lipinski definition) is 2. The smallest absolute Gasteiger partial charge is 0.483 e. The second kappa shape index (κ2) is 38.6.